The van der Waals surface area contributed by atoms with Crippen molar-refractivity contribution in [1.29, 1.82) is 0 Å². The van der Waals surface area contributed by atoms with Crippen molar-refractivity contribution in [3.8, 4) is 0 Å². The van der Waals surface area contributed by atoms with E-state index in [-0.39, 0.29) is 16.8 Å². The van der Waals surface area contributed by atoms with E-state index >= 15 is 0 Å². The van der Waals surface area contributed by atoms with Gasteiger partial charge in [0.1, 0.15) is 0 Å². The second kappa shape index (κ2) is 7.16. The summed E-state index contributed by atoms with van der Waals surface area (Å²) >= 11 is 0. The molecule has 2 rings (SSSR count). The summed E-state index contributed by atoms with van der Waals surface area (Å²) in [5.74, 6) is -2.08. The summed E-state index contributed by atoms with van der Waals surface area (Å²) in [6.45, 7) is 1.62. The Labute approximate surface area is 144 Å². The summed E-state index contributed by atoms with van der Waals surface area (Å²) in [5.41, 5.74) is 1.19. The van der Waals surface area contributed by atoms with Crippen molar-refractivity contribution in [1.82, 2.24) is 4.90 Å². The molecule has 1 aromatic carbocycles. The van der Waals surface area contributed by atoms with Crippen LogP contribution >= 0.6 is 0 Å². The highest BCUT2D eigenvalue weighted by atomic mass is 16.6. The first-order chi connectivity index (χ1) is 11.8. The highest BCUT2D eigenvalue weighted by Gasteiger charge is 2.35. The van der Waals surface area contributed by atoms with Crippen LogP contribution in [0.25, 0.3) is 0 Å². The highest BCUT2D eigenvalue weighted by molar-refractivity contribution is 5.98. The van der Waals surface area contributed by atoms with Crippen LogP contribution in [0.4, 0.5) is 5.69 Å². The van der Waals surface area contributed by atoms with Crippen LogP contribution in [-0.4, -0.2) is 43.0 Å². The van der Waals surface area contributed by atoms with Crippen molar-refractivity contribution in [3.63, 3.8) is 0 Å². The van der Waals surface area contributed by atoms with Crippen molar-refractivity contribution in [2.45, 2.75) is 12.8 Å². The molecule has 0 atom stereocenters. The molecule has 0 unspecified atom stereocenters. The molecule has 1 aliphatic rings. The second-order valence-corrected chi connectivity index (χ2v) is 5.55. The van der Waals surface area contributed by atoms with E-state index in [0.29, 0.717) is 11.1 Å². The SMILES string of the molecule is COC(=O)C1=CN(C)C=C(C(=O)OC)C1c1ccc(C)c([N+](=O)[O-])c1. The normalized spacial score (nSPS) is 14.5. The van der Waals surface area contributed by atoms with Gasteiger partial charge in [-0.1, -0.05) is 12.1 Å². The Morgan fingerprint density at radius 3 is 2.08 bits per heavy atom. The van der Waals surface area contributed by atoms with Gasteiger partial charge < -0.3 is 14.4 Å². The first kappa shape index (κ1) is 18.2. The van der Waals surface area contributed by atoms with Crippen LogP contribution in [0.15, 0.2) is 41.7 Å². The number of hydrogen-bond acceptors (Lipinski definition) is 7. The van der Waals surface area contributed by atoms with Gasteiger partial charge in [-0.25, -0.2) is 9.59 Å². The van der Waals surface area contributed by atoms with E-state index in [9.17, 15) is 19.7 Å². The predicted molar refractivity (Wildman–Crippen MR) is 88.5 cm³/mol. The van der Waals surface area contributed by atoms with Gasteiger partial charge in [0.15, 0.2) is 0 Å². The molecular formula is C17H18N2O6. The van der Waals surface area contributed by atoms with Crippen molar-refractivity contribution >= 4 is 17.6 Å². The third kappa shape index (κ3) is 3.52. The Kier molecular flexibility index (Phi) is 5.21. The Balaban J connectivity index is 2.66. The van der Waals surface area contributed by atoms with E-state index in [1.54, 1.807) is 26.1 Å². The average molecular weight is 346 g/mol. The Morgan fingerprint density at radius 1 is 1.12 bits per heavy atom. The number of benzene rings is 1. The monoisotopic (exact) mass is 346 g/mol. The number of nitrogens with zero attached hydrogens (tertiary/aromatic N) is 2. The molecule has 0 fully saturated rings. The molecule has 0 saturated carbocycles. The third-order valence-corrected chi connectivity index (χ3v) is 3.91. The van der Waals surface area contributed by atoms with Gasteiger partial charge in [-0.2, -0.15) is 0 Å². The summed E-state index contributed by atoms with van der Waals surface area (Å²) in [6, 6.07) is 4.58. The molecule has 0 N–H and O–H groups in total. The molecule has 0 spiro atoms. The lowest BCUT2D eigenvalue weighted by atomic mass is 9.83. The summed E-state index contributed by atoms with van der Waals surface area (Å²) < 4.78 is 9.61. The van der Waals surface area contributed by atoms with Gasteiger partial charge in [0, 0.05) is 31.1 Å². The number of esters is 2. The Morgan fingerprint density at radius 2 is 1.64 bits per heavy atom. The minimum absolute atomic E-state index is 0.0927. The first-order valence-corrected chi connectivity index (χ1v) is 7.37. The molecule has 8 heteroatoms. The summed E-state index contributed by atoms with van der Waals surface area (Å²) in [5, 5.41) is 11.2. The number of aryl methyl sites for hydroxylation is 1. The average Bonchev–Trinajstić information content (AvgIpc) is 2.59. The van der Waals surface area contributed by atoms with E-state index in [0.717, 1.165) is 0 Å². The molecule has 0 radical (unpaired) electrons. The number of hydrogen-bond donors (Lipinski definition) is 0. The molecule has 132 valence electrons. The highest BCUT2D eigenvalue weighted by Crippen LogP contribution is 2.38. The number of carbonyl (C=O) groups is 2. The zero-order valence-corrected chi connectivity index (χ0v) is 14.3. The maximum atomic E-state index is 12.2. The lowest BCUT2D eigenvalue weighted by molar-refractivity contribution is -0.385. The number of rotatable bonds is 4. The van der Waals surface area contributed by atoms with Crippen LogP contribution in [0, 0.1) is 17.0 Å². The quantitative estimate of drug-likeness (QED) is 0.467. The van der Waals surface area contributed by atoms with Crippen LogP contribution in [-0.2, 0) is 19.1 Å². The summed E-state index contributed by atoms with van der Waals surface area (Å²) in [7, 11) is 4.11. The van der Waals surface area contributed by atoms with Gasteiger partial charge in [-0.05, 0) is 12.5 Å². The molecular weight excluding hydrogens is 328 g/mol. The number of ether oxygens (including phenoxy) is 2. The minimum Gasteiger partial charge on any atom is -0.466 e. The topological polar surface area (TPSA) is 99.0 Å². The smallest absolute Gasteiger partial charge is 0.336 e. The first-order valence-electron chi connectivity index (χ1n) is 7.37. The maximum absolute atomic E-state index is 12.2. The number of methoxy groups -OCH3 is 2. The van der Waals surface area contributed by atoms with Crippen LogP contribution < -0.4 is 0 Å². The molecule has 1 aliphatic heterocycles. The minimum atomic E-state index is -0.824. The molecule has 8 nitrogen and oxygen atoms in total. The molecule has 0 saturated heterocycles. The van der Waals surface area contributed by atoms with Crippen molar-refractivity contribution in [2.75, 3.05) is 21.3 Å². The van der Waals surface area contributed by atoms with Crippen molar-refractivity contribution in [3.05, 3.63) is 63.0 Å². The molecule has 25 heavy (non-hydrogen) atoms. The van der Waals surface area contributed by atoms with Crippen LogP contribution in [0.5, 0.6) is 0 Å². The molecule has 0 aliphatic carbocycles. The van der Waals surface area contributed by atoms with Gasteiger partial charge in [0.2, 0.25) is 0 Å². The fraction of sp³-hybridized carbons (Fsp3) is 0.294. The zero-order chi connectivity index (χ0) is 18.7. The van der Waals surface area contributed by atoms with Crippen molar-refractivity contribution < 1.29 is 24.0 Å². The van der Waals surface area contributed by atoms with Gasteiger partial charge >= 0.3 is 11.9 Å². The Bertz CT molecular complexity index is 762. The molecule has 0 amide bonds. The Hall–Kier alpha value is -3.16. The van der Waals surface area contributed by atoms with Gasteiger partial charge in [0.25, 0.3) is 5.69 Å². The fourth-order valence-electron chi connectivity index (χ4n) is 2.73. The molecule has 0 bridgehead atoms. The predicted octanol–water partition coefficient (Wildman–Crippen LogP) is 2.05. The summed E-state index contributed by atoms with van der Waals surface area (Å²) in [4.78, 5) is 36.7. The van der Waals surface area contributed by atoms with E-state index in [2.05, 4.69) is 0 Å². The van der Waals surface area contributed by atoms with Crippen LogP contribution in [0.1, 0.15) is 17.0 Å². The maximum Gasteiger partial charge on any atom is 0.336 e. The number of carbonyl (C=O) groups excluding carboxylic acids is 2. The lowest BCUT2D eigenvalue weighted by Gasteiger charge is -2.28. The molecule has 1 heterocycles. The standard InChI is InChI=1S/C17H18N2O6/c1-10-5-6-11(7-14(10)19(22)23)15-12(16(20)24-3)8-18(2)9-13(15)17(21)25-4/h5-9,15H,1-4H3. The van der Waals surface area contributed by atoms with Gasteiger partial charge in [0.05, 0.1) is 36.2 Å². The van der Waals surface area contributed by atoms with E-state index in [1.807, 2.05) is 0 Å². The van der Waals surface area contributed by atoms with Crippen LogP contribution in [0.3, 0.4) is 0 Å². The largest absolute Gasteiger partial charge is 0.466 e. The van der Waals surface area contributed by atoms with E-state index in [1.165, 1.54) is 37.6 Å². The van der Waals surface area contributed by atoms with Gasteiger partial charge in [-0.15, -0.1) is 0 Å². The number of nitro benzene ring substituents is 1. The van der Waals surface area contributed by atoms with Crippen LogP contribution in [0.2, 0.25) is 0 Å². The summed E-state index contributed by atoms with van der Waals surface area (Å²) in [6.07, 6.45) is 3.04. The second-order valence-electron chi connectivity index (χ2n) is 5.55. The van der Waals surface area contributed by atoms with E-state index in [4.69, 9.17) is 9.47 Å². The fourth-order valence-corrected chi connectivity index (χ4v) is 2.73. The molecule has 1 aromatic rings. The lowest BCUT2D eigenvalue weighted by Crippen LogP contribution is -2.27. The van der Waals surface area contributed by atoms with Crippen molar-refractivity contribution in [2.24, 2.45) is 0 Å². The zero-order valence-electron chi connectivity index (χ0n) is 14.3. The third-order valence-electron chi connectivity index (χ3n) is 3.91. The molecule has 0 aromatic heterocycles. The van der Waals surface area contributed by atoms with Gasteiger partial charge in [-0.3, -0.25) is 10.1 Å². The van der Waals surface area contributed by atoms with E-state index < -0.39 is 22.8 Å². The number of nitro groups is 1.